The normalized spacial score (nSPS) is 11.6. The molecule has 108 valence electrons. The summed E-state index contributed by atoms with van der Waals surface area (Å²) in [4.78, 5) is 0. The highest BCUT2D eigenvalue weighted by Crippen LogP contribution is 2.28. The molecule has 0 aliphatic heterocycles. The molecule has 0 saturated carbocycles. The van der Waals surface area contributed by atoms with Crippen LogP contribution in [-0.2, 0) is 16.6 Å². The zero-order valence-electron chi connectivity index (χ0n) is 10.3. The summed E-state index contributed by atoms with van der Waals surface area (Å²) in [6.45, 7) is 1.17. The number of aromatic nitrogens is 2. The van der Waals surface area contributed by atoms with Crippen LogP contribution in [0.3, 0.4) is 0 Å². The SMILES string of the molecule is Cc1[nH]nc(S(=O)(=O)Nc2cc(Cl)ccc2Cl)c1CO. The minimum absolute atomic E-state index is 0.142. The maximum Gasteiger partial charge on any atom is 0.281 e. The van der Waals surface area contributed by atoms with Gasteiger partial charge in [0.1, 0.15) is 0 Å². The number of halogens is 2. The van der Waals surface area contributed by atoms with Gasteiger partial charge in [-0.3, -0.25) is 9.82 Å². The van der Waals surface area contributed by atoms with E-state index in [0.717, 1.165) is 0 Å². The summed E-state index contributed by atoms with van der Waals surface area (Å²) in [7, 11) is -3.97. The second-order valence-corrected chi connectivity index (χ2v) is 6.46. The van der Waals surface area contributed by atoms with Crippen molar-refractivity contribution in [2.75, 3.05) is 4.72 Å². The smallest absolute Gasteiger partial charge is 0.281 e. The van der Waals surface area contributed by atoms with E-state index in [1.54, 1.807) is 13.0 Å². The summed E-state index contributed by atoms with van der Waals surface area (Å²) in [5.41, 5.74) is 0.824. The molecule has 0 aliphatic rings. The third kappa shape index (κ3) is 2.90. The zero-order chi connectivity index (χ0) is 14.9. The standard InChI is InChI=1S/C11H11Cl2N3O3S/c1-6-8(5-17)11(15-14-6)20(18,19)16-10-4-7(12)2-3-9(10)13/h2-4,16-17H,5H2,1H3,(H,14,15). The van der Waals surface area contributed by atoms with Crippen molar-refractivity contribution in [1.29, 1.82) is 0 Å². The molecule has 6 nitrogen and oxygen atoms in total. The quantitative estimate of drug-likeness (QED) is 0.798. The molecule has 1 aromatic heterocycles. The van der Waals surface area contributed by atoms with E-state index in [0.29, 0.717) is 10.7 Å². The minimum atomic E-state index is -3.97. The predicted octanol–water partition coefficient (Wildman–Crippen LogP) is 2.32. The average molecular weight is 336 g/mol. The molecule has 2 aromatic rings. The Morgan fingerprint density at radius 1 is 1.40 bits per heavy atom. The molecular formula is C11H11Cl2N3O3S. The molecule has 0 bridgehead atoms. The monoisotopic (exact) mass is 335 g/mol. The lowest BCUT2D eigenvalue weighted by Crippen LogP contribution is -2.15. The van der Waals surface area contributed by atoms with Crippen molar-refractivity contribution in [3.05, 3.63) is 39.5 Å². The van der Waals surface area contributed by atoms with E-state index in [2.05, 4.69) is 14.9 Å². The second-order valence-electron chi connectivity index (χ2n) is 4.02. The van der Waals surface area contributed by atoms with Crippen LogP contribution in [-0.4, -0.2) is 23.7 Å². The number of sulfonamides is 1. The van der Waals surface area contributed by atoms with Crippen LogP contribution in [0.25, 0.3) is 0 Å². The van der Waals surface area contributed by atoms with E-state index in [1.807, 2.05) is 0 Å². The first-order chi connectivity index (χ1) is 9.35. The van der Waals surface area contributed by atoms with Crippen LogP contribution in [0.15, 0.2) is 23.2 Å². The van der Waals surface area contributed by atoms with Crippen molar-refractivity contribution < 1.29 is 13.5 Å². The Morgan fingerprint density at radius 2 is 2.10 bits per heavy atom. The minimum Gasteiger partial charge on any atom is -0.392 e. The van der Waals surface area contributed by atoms with Crippen molar-refractivity contribution in [2.45, 2.75) is 18.6 Å². The summed E-state index contributed by atoms with van der Waals surface area (Å²) < 4.78 is 26.8. The third-order valence-corrected chi connectivity index (χ3v) is 4.52. The van der Waals surface area contributed by atoms with Gasteiger partial charge in [0.25, 0.3) is 10.0 Å². The number of aromatic amines is 1. The Labute approximate surface area is 125 Å². The van der Waals surface area contributed by atoms with Crippen LogP contribution in [0.4, 0.5) is 5.69 Å². The number of nitrogens with zero attached hydrogens (tertiary/aromatic N) is 1. The maximum atomic E-state index is 12.3. The van der Waals surface area contributed by atoms with Crippen molar-refractivity contribution in [2.24, 2.45) is 0 Å². The number of rotatable bonds is 4. The number of aliphatic hydroxyl groups is 1. The molecule has 0 aliphatic carbocycles. The van der Waals surface area contributed by atoms with Gasteiger partial charge in [-0.25, -0.2) is 0 Å². The predicted molar refractivity (Wildman–Crippen MR) is 76.5 cm³/mol. The Balaban J connectivity index is 2.43. The highest BCUT2D eigenvalue weighted by atomic mass is 35.5. The van der Waals surface area contributed by atoms with Gasteiger partial charge >= 0.3 is 0 Å². The fourth-order valence-corrected chi connectivity index (χ4v) is 3.26. The number of nitrogens with one attached hydrogen (secondary N) is 2. The molecule has 1 heterocycles. The van der Waals surface area contributed by atoms with Crippen molar-refractivity contribution in [3.63, 3.8) is 0 Å². The number of aliphatic hydroxyl groups excluding tert-OH is 1. The summed E-state index contributed by atoms with van der Waals surface area (Å²) in [5.74, 6) is 0. The largest absolute Gasteiger partial charge is 0.392 e. The van der Waals surface area contributed by atoms with Gasteiger partial charge in [-0.1, -0.05) is 23.2 Å². The Hall–Kier alpha value is -1.28. The first-order valence-corrected chi connectivity index (χ1v) is 7.71. The topological polar surface area (TPSA) is 95.1 Å². The molecule has 0 fully saturated rings. The van der Waals surface area contributed by atoms with Gasteiger partial charge < -0.3 is 5.11 Å². The maximum absolute atomic E-state index is 12.3. The second kappa shape index (κ2) is 5.61. The van der Waals surface area contributed by atoms with Gasteiger partial charge in [0, 0.05) is 16.3 Å². The lowest BCUT2D eigenvalue weighted by molar-refractivity contribution is 0.277. The van der Waals surface area contributed by atoms with Crippen molar-refractivity contribution in [1.82, 2.24) is 10.2 Å². The first kappa shape index (κ1) is 15.1. The van der Waals surface area contributed by atoms with Crippen LogP contribution in [0.5, 0.6) is 0 Å². The highest BCUT2D eigenvalue weighted by Gasteiger charge is 2.24. The molecule has 20 heavy (non-hydrogen) atoms. The van der Waals surface area contributed by atoms with Gasteiger partial charge in [0.15, 0.2) is 0 Å². The van der Waals surface area contributed by atoms with Crippen LogP contribution in [0, 0.1) is 6.92 Å². The lowest BCUT2D eigenvalue weighted by Gasteiger charge is -2.09. The van der Waals surface area contributed by atoms with E-state index in [1.165, 1.54) is 12.1 Å². The number of anilines is 1. The molecule has 0 amide bonds. The van der Waals surface area contributed by atoms with Crippen LogP contribution >= 0.6 is 23.2 Å². The number of hydrogen-bond donors (Lipinski definition) is 3. The fourth-order valence-electron chi connectivity index (χ4n) is 1.61. The molecule has 3 N–H and O–H groups in total. The van der Waals surface area contributed by atoms with Crippen LogP contribution in [0.2, 0.25) is 10.0 Å². The van der Waals surface area contributed by atoms with Gasteiger partial charge in [0.05, 0.1) is 17.3 Å². The Kier molecular flexibility index (Phi) is 4.24. The van der Waals surface area contributed by atoms with Crippen molar-refractivity contribution >= 4 is 38.9 Å². The van der Waals surface area contributed by atoms with Crippen LogP contribution in [0.1, 0.15) is 11.3 Å². The summed E-state index contributed by atoms with van der Waals surface area (Å²) in [6.07, 6.45) is 0. The Morgan fingerprint density at radius 3 is 2.75 bits per heavy atom. The molecule has 1 aromatic carbocycles. The number of hydrogen-bond acceptors (Lipinski definition) is 4. The summed E-state index contributed by atoms with van der Waals surface area (Å²) in [5, 5.41) is 15.7. The zero-order valence-corrected chi connectivity index (χ0v) is 12.6. The van der Waals surface area contributed by atoms with Gasteiger partial charge in [-0.2, -0.15) is 13.5 Å². The molecule has 0 unspecified atom stereocenters. The number of H-pyrrole nitrogens is 1. The summed E-state index contributed by atoms with van der Waals surface area (Å²) in [6, 6.07) is 4.41. The van der Waals surface area contributed by atoms with Gasteiger partial charge in [-0.15, -0.1) is 0 Å². The number of benzene rings is 1. The van der Waals surface area contributed by atoms with Gasteiger partial charge in [0.2, 0.25) is 5.03 Å². The molecule has 0 atom stereocenters. The van der Waals surface area contributed by atoms with Crippen LogP contribution < -0.4 is 4.72 Å². The van der Waals surface area contributed by atoms with Gasteiger partial charge in [-0.05, 0) is 25.1 Å². The molecule has 9 heteroatoms. The molecule has 0 spiro atoms. The molecule has 2 rings (SSSR count). The highest BCUT2D eigenvalue weighted by molar-refractivity contribution is 7.92. The van der Waals surface area contributed by atoms with E-state index in [9.17, 15) is 13.5 Å². The third-order valence-electron chi connectivity index (χ3n) is 2.62. The van der Waals surface area contributed by atoms with E-state index < -0.39 is 16.6 Å². The summed E-state index contributed by atoms with van der Waals surface area (Å²) >= 11 is 11.7. The van der Waals surface area contributed by atoms with E-state index in [-0.39, 0.29) is 21.3 Å². The molecule has 0 saturated heterocycles. The lowest BCUT2D eigenvalue weighted by atomic mass is 10.3. The average Bonchev–Trinajstić information content (AvgIpc) is 2.75. The van der Waals surface area contributed by atoms with E-state index in [4.69, 9.17) is 23.2 Å². The first-order valence-electron chi connectivity index (χ1n) is 5.47. The molecular weight excluding hydrogens is 325 g/mol. The van der Waals surface area contributed by atoms with Crippen molar-refractivity contribution in [3.8, 4) is 0 Å². The molecule has 0 radical (unpaired) electrons. The van der Waals surface area contributed by atoms with E-state index >= 15 is 0 Å². The Bertz CT molecular complexity index is 743. The number of aryl methyl sites for hydroxylation is 1. The fraction of sp³-hybridized carbons (Fsp3) is 0.182.